The fourth-order valence-corrected chi connectivity index (χ4v) is 1.98. The molecular formula is C14H12ClN3O4. The van der Waals surface area contributed by atoms with Gasteiger partial charge in [-0.25, -0.2) is 0 Å². The minimum Gasteiger partial charge on any atom is -0.481 e. The zero-order valence-electron chi connectivity index (χ0n) is 11.6. The predicted molar refractivity (Wildman–Crippen MR) is 81.2 cm³/mol. The number of amides is 1. The highest BCUT2D eigenvalue weighted by molar-refractivity contribution is 6.31. The molecule has 0 unspecified atom stereocenters. The Bertz CT molecular complexity index is 721. The van der Waals surface area contributed by atoms with E-state index in [0.29, 0.717) is 10.6 Å². The van der Waals surface area contributed by atoms with Gasteiger partial charge in [-0.15, -0.1) is 0 Å². The second-order valence-corrected chi connectivity index (χ2v) is 4.70. The number of pyridine rings is 1. The van der Waals surface area contributed by atoms with Crippen molar-refractivity contribution in [3.05, 3.63) is 57.1 Å². The molecule has 0 saturated heterocycles. The van der Waals surface area contributed by atoms with Crippen LogP contribution in [0.4, 0.5) is 11.5 Å². The van der Waals surface area contributed by atoms with E-state index in [0.717, 1.165) is 0 Å². The molecule has 0 atom stereocenters. The number of nitro groups is 1. The topological polar surface area (TPSA) is 94.4 Å². The number of carbonyl (C=O) groups is 1. The van der Waals surface area contributed by atoms with Crippen LogP contribution >= 0.6 is 11.6 Å². The fourth-order valence-electron chi connectivity index (χ4n) is 1.78. The van der Waals surface area contributed by atoms with Crippen LogP contribution in [0.2, 0.25) is 5.02 Å². The first-order valence-corrected chi connectivity index (χ1v) is 6.61. The van der Waals surface area contributed by atoms with Gasteiger partial charge in [-0.05, 0) is 11.6 Å². The van der Waals surface area contributed by atoms with Gasteiger partial charge in [0.1, 0.15) is 0 Å². The number of hydrogen-bond donors (Lipinski definition) is 1. The molecule has 0 bridgehead atoms. The zero-order chi connectivity index (χ0) is 16.1. The van der Waals surface area contributed by atoms with Crippen molar-refractivity contribution in [2.75, 3.05) is 12.4 Å². The van der Waals surface area contributed by atoms with Gasteiger partial charge in [0.25, 0.3) is 0 Å². The van der Waals surface area contributed by atoms with E-state index in [-0.39, 0.29) is 23.8 Å². The number of methoxy groups -OCH3 is 1. The van der Waals surface area contributed by atoms with Crippen molar-refractivity contribution < 1.29 is 14.5 Å². The first kappa shape index (κ1) is 15.7. The second-order valence-electron chi connectivity index (χ2n) is 4.29. The van der Waals surface area contributed by atoms with Crippen LogP contribution in [-0.2, 0) is 11.2 Å². The molecule has 114 valence electrons. The van der Waals surface area contributed by atoms with E-state index in [4.69, 9.17) is 16.3 Å². The summed E-state index contributed by atoms with van der Waals surface area (Å²) in [6, 6.07) is 9.43. The van der Waals surface area contributed by atoms with Crippen molar-refractivity contribution in [3.8, 4) is 5.88 Å². The van der Waals surface area contributed by atoms with Gasteiger partial charge in [-0.2, -0.15) is 4.98 Å². The maximum Gasteiger partial charge on any atom is 0.312 e. The minimum absolute atomic E-state index is 0.0181. The van der Waals surface area contributed by atoms with Crippen LogP contribution in [0.3, 0.4) is 0 Å². The average molecular weight is 322 g/mol. The fraction of sp³-hybridized carbons (Fsp3) is 0.143. The molecule has 1 aromatic heterocycles. The summed E-state index contributed by atoms with van der Waals surface area (Å²) >= 11 is 5.98. The number of nitrogens with one attached hydrogen (secondary N) is 1. The number of aromatic nitrogens is 1. The van der Waals surface area contributed by atoms with Crippen LogP contribution in [0.5, 0.6) is 5.88 Å². The van der Waals surface area contributed by atoms with Gasteiger partial charge < -0.3 is 10.1 Å². The molecule has 0 aliphatic rings. The highest BCUT2D eigenvalue weighted by Crippen LogP contribution is 2.25. The Morgan fingerprint density at radius 3 is 2.73 bits per heavy atom. The summed E-state index contributed by atoms with van der Waals surface area (Å²) < 4.78 is 4.90. The summed E-state index contributed by atoms with van der Waals surface area (Å²) in [6.07, 6.45) is -0.0181. The summed E-state index contributed by atoms with van der Waals surface area (Å²) in [4.78, 5) is 26.3. The highest BCUT2D eigenvalue weighted by atomic mass is 35.5. The van der Waals surface area contributed by atoms with Crippen LogP contribution in [0.15, 0.2) is 36.4 Å². The number of ether oxygens (including phenoxy) is 1. The molecule has 7 nitrogen and oxygen atoms in total. The van der Waals surface area contributed by atoms with E-state index in [1.54, 1.807) is 24.3 Å². The molecule has 2 rings (SSSR count). The molecule has 1 heterocycles. The summed E-state index contributed by atoms with van der Waals surface area (Å²) in [5.74, 6) is -0.461. The number of benzene rings is 1. The average Bonchev–Trinajstić information content (AvgIpc) is 2.49. The Hall–Kier alpha value is -2.67. The van der Waals surface area contributed by atoms with Crippen molar-refractivity contribution in [1.82, 2.24) is 4.98 Å². The van der Waals surface area contributed by atoms with Crippen molar-refractivity contribution >= 4 is 29.0 Å². The molecule has 1 amide bonds. The molecule has 0 saturated carbocycles. The van der Waals surface area contributed by atoms with E-state index >= 15 is 0 Å². The van der Waals surface area contributed by atoms with Gasteiger partial charge in [-0.1, -0.05) is 29.8 Å². The molecule has 2 aromatic rings. The van der Waals surface area contributed by atoms with Crippen molar-refractivity contribution in [2.45, 2.75) is 6.42 Å². The SMILES string of the molecule is COc1ccc([N+](=O)[O-])c(NC(=O)Cc2ccccc2Cl)n1. The Kier molecular flexibility index (Phi) is 4.90. The van der Waals surface area contributed by atoms with E-state index in [9.17, 15) is 14.9 Å². The standard InChI is InChI=1S/C14H12ClN3O4/c1-22-13-7-6-11(18(20)21)14(17-13)16-12(19)8-9-4-2-3-5-10(9)15/h2-7H,8H2,1H3,(H,16,17,19). The molecule has 0 fully saturated rings. The lowest BCUT2D eigenvalue weighted by Gasteiger charge is -2.07. The van der Waals surface area contributed by atoms with Gasteiger partial charge >= 0.3 is 5.69 Å². The van der Waals surface area contributed by atoms with Crippen LogP contribution in [0.1, 0.15) is 5.56 Å². The summed E-state index contributed by atoms with van der Waals surface area (Å²) in [5, 5.41) is 13.8. The van der Waals surface area contributed by atoms with Crippen molar-refractivity contribution in [1.29, 1.82) is 0 Å². The van der Waals surface area contributed by atoms with Crippen LogP contribution in [-0.4, -0.2) is 22.9 Å². The molecule has 8 heteroatoms. The Balaban J connectivity index is 2.20. The van der Waals surface area contributed by atoms with E-state index < -0.39 is 10.8 Å². The van der Waals surface area contributed by atoms with Gasteiger partial charge in [0.2, 0.25) is 17.6 Å². The lowest BCUT2D eigenvalue weighted by atomic mass is 10.1. The van der Waals surface area contributed by atoms with Crippen LogP contribution in [0.25, 0.3) is 0 Å². The summed E-state index contributed by atoms with van der Waals surface area (Å²) in [7, 11) is 1.38. The Morgan fingerprint density at radius 2 is 2.09 bits per heavy atom. The first-order valence-electron chi connectivity index (χ1n) is 6.24. The maximum atomic E-state index is 12.0. The minimum atomic E-state index is -0.627. The smallest absolute Gasteiger partial charge is 0.312 e. The molecule has 0 spiro atoms. The molecular weight excluding hydrogens is 310 g/mol. The summed E-state index contributed by atoms with van der Waals surface area (Å²) in [6.45, 7) is 0. The lowest BCUT2D eigenvalue weighted by molar-refractivity contribution is -0.384. The predicted octanol–water partition coefficient (Wildman–Crippen LogP) is 2.83. The Morgan fingerprint density at radius 1 is 1.36 bits per heavy atom. The number of hydrogen-bond acceptors (Lipinski definition) is 5. The van der Waals surface area contributed by atoms with Gasteiger partial charge in [0.05, 0.1) is 18.5 Å². The molecule has 0 aliphatic carbocycles. The van der Waals surface area contributed by atoms with Gasteiger partial charge in [-0.3, -0.25) is 14.9 Å². The maximum absolute atomic E-state index is 12.0. The Labute approximate surface area is 131 Å². The van der Waals surface area contributed by atoms with Gasteiger partial charge in [0.15, 0.2) is 0 Å². The molecule has 1 N–H and O–H groups in total. The van der Waals surface area contributed by atoms with Crippen LogP contribution in [0, 0.1) is 10.1 Å². The number of rotatable bonds is 5. The normalized spacial score (nSPS) is 10.1. The quantitative estimate of drug-likeness (QED) is 0.675. The van der Waals surface area contributed by atoms with E-state index in [1.807, 2.05) is 0 Å². The second kappa shape index (κ2) is 6.86. The number of carbonyl (C=O) groups excluding carboxylic acids is 1. The third-order valence-electron chi connectivity index (χ3n) is 2.82. The van der Waals surface area contributed by atoms with E-state index in [2.05, 4.69) is 10.3 Å². The van der Waals surface area contributed by atoms with Crippen molar-refractivity contribution in [2.24, 2.45) is 0 Å². The highest BCUT2D eigenvalue weighted by Gasteiger charge is 2.19. The third kappa shape index (κ3) is 3.70. The molecule has 0 radical (unpaired) electrons. The molecule has 22 heavy (non-hydrogen) atoms. The molecule has 1 aromatic carbocycles. The lowest BCUT2D eigenvalue weighted by Crippen LogP contribution is -2.16. The number of halogens is 1. The van der Waals surface area contributed by atoms with E-state index in [1.165, 1.54) is 19.2 Å². The largest absolute Gasteiger partial charge is 0.481 e. The molecule has 0 aliphatic heterocycles. The third-order valence-corrected chi connectivity index (χ3v) is 3.19. The van der Waals surface area contributed by atoms with Crippen molar-refractivity contribution in [3.63, 3.8) is 0 Å². The van der Waals surface area contributed by atoms with Crippen LogP contribution < -0.4 is 10.1 Å². The first-order chi connectivity index (χ1) is 10.5. The summed E-state index contributed by atoms with van der Waals surface area (Å²) in [5.41, 5.74) is 0.306. The number of anilines is 1. The van der Waals surface area contributed by atoms with Gasteiger partial charge in [0, 0.05) is 17.2 Å². The zero-order valence-corrected chi connectivity index (χ0v) is 12.3. The number of nitrogens with zero attached hydrogens (tertiary/aromatic N) is 2. The monoisotopic (exact) mass is 321 g/mol.